The van der Waals surface area contributed by atoms with E-state index in [2.05, 4.69) is 5.32 Å². The highest BCUT2D eigenvalue weighted by molar-refractivity contribution is 8.00. The van der Waals surface area contributed by atoms with Crippen LogP contribution < -0.4 is 5.32 Å². The number of hydrogen-bond acceptors (Lipinski definition) is 4. The third-order valence-corrected chi connectivity index (χ3v) is 7.85. The number of thioether (sulfide) groups is 1. The quantitative estimate of drug-likeness (QED) is 0.566. The Morgan fingerprint density at radius 1 is 0.857 bits per heavy atom. The van der Waals surface area contributed by atoms with Crippen LogP contribution in [-0.2, 0) is 9.59 Å². The first kappa shape index (κ1) is 23.0. The molecule has 178 valence electrons. The van der Waals surface area contributed by atoms with Gasteiger partial charge in [-0.3, -0.25) is 4.79 Å². The number of carboxylic acid groups (broad SMARTS) is 1. The van der Waals surface area contributed by atoms with Crippen LogP contribution in [0.2, 0.25) is 0 Å². The first-order chi connectivity index (χ1) is 17.0. The van der Waals surface area contributed by atoms with Gasteiger partial charge < -0.3 is 20.2 Å². The zero-order valence-corrected chi connectivity index (χ0v) is 19.7. The zero-order chi connectivity index (χ0) is 24.4. The SMILES string of the molecule is O=C(O)[C@@H]1[C@H]2SC[C@@H](CN1C(=O)C(c1ccccc1)c1ccccc1)N2C(=O)Nc1ccccc1. The van der Waals surface area contributed by atoms with Gasteiger partial charge in [0.2, 0.25) is 5.91 Å². The molecule has 0 spiro atoms. The molecule has 2 saturated heterocycles. The summed E-state index contributed by atoms with van der Waals surface area (Å²) in [7, 11) is 0. The van der Waals surface area contributed by atoms with Crippen LogP contribution in [0.4, 0.5) is 10.5 Å². The van der Waals surface area contributed by atoms with Crippen LogP contribution in [-0.4, -0.2) is 62.6 Å². The number of aliphatic carboxylic acids is 1. The number of piperazine rings is 1. The maximum absolute atomic E-state index is 14.0. The summed E-state index contributed by atoms with van der Waals surface area (Å²) in [5, 5.41) is 12.4. The van der Waals surface area contributed by atoms with E-state index < -0.39 is 23.3 Å². The monoisotopic (exact) mass is 487 g/mol. The van der Waals surface area contributed by atoms with Crippen LogP contribution in [0.15, 0.2) is 91.0 Å². The summed E-state index contributed by atoms with van der Waals surface area (Å²) < 4.78 is 0. The normalized spacial score (nSPS) is 21.1. The first-order valence-corrected chi connectivity index (χ1v) is 12.5. The van der Waals surface area contributed by atoms with Crippen LogP contribution in [0, 0.1) is 0 Å². The summed E-state index contributed by atoms with van der Waals surface area (Å²) in [4.78, 5) is 42.8. The lowest BCUT2D eigenvalue weighted by atomic mass is 9.89. The van der Waals surface area contributed by atoms with Crippen molar-refractivity contribution in [1.82, 2.24) is 9.80 Å². The fourth-order valence-electron chi connectivity index (χ4n) is 4.86. The fraction of sp³-hybridized carbons (Fsp3) is 0.222. The summed E-state index contributed by atoms with van der Waals surface area (Å²) in [5.74, 6) is -1.45. The second kappa shape index (κ2) is 9.84. The number of carbonyl (C=O) groups excluding carboxylic acids is 2. The van der Waals surface area contributed by atoms with Crippen LogP contribution in [0.25, 0.3) is 0 Å². The van der Waals surface area contributed by atoms with Gasteiger partial charge >= 0.3 is 12.0 Å². The second-order valence-electron chi connectivity index (χ2n) is 8.61. The Kier molecular flexibility index (Phi) is 6.46. The Bertz CT molecular complexity index is 1170. The van der Waals surface area contributed by atoms with Gasteiger partial charge in [-0.15, -0.1) is 11.8 Å². The molecule has 3 atom stereocenters. The number of nitrogens with one attached hydrogen (secondary N) is 1. The van der Waals surface area contributed by atoms with E-state index >= 15 is 0 Å². The Morgan fingerprint density at radius 2 is 1.40 bits per heavy atom. The highest BCUT2D eigenvalue weighted by Crippen LogP contribution is 2.40. The minimum absolute atomic E-state index is 0.164. The standard InChI is InChI=1S/C27H25N3O4S/c31-24(22(18-10-4-1-5-11-18)19-12-6-2-7-13-19)29-16-21-17-35-25(23(29)26(32)33)30(21)27(34)28-20-14-8-3-9-15-20/h1-15,21-23,25H,16-17H2,(H,28,34)(H,32,33)/t21-,23+,25-/m1/s1. The zero-order valence-electron chi connectivity index (χ0n) is 18.9. The van der Waals surface area contributed by atoms with E-state index in [-0.39, 0.29) is 24.5 Å². The molecule has 0 saturated carbocycles. The number of carboxylic acids is 1. The molecule has 3 aromatic rings. The average molecular weight is 488 g/mol. The van der Waals surface area contributed by atoms with Crippen molar-refractivity contribution in [3.63, 3.8) is 0 Å². The van der Waals surface area contributed by atoms with Crippen molar-refractivity contribution in [2.24, 2.45) is 0 Å². The average Bonchev–Trinajstić information content (AvgIpc) is 3.18. The van der Waals surface area contributed by atoms with Crippen molar-refractivity contribution in [3.8, 4) is 0 Å². The van der Waals surface area contributed by atoms with Gasteiger partial charge in [-0.2, -0.15) is 0 Å². The molecular formula is C27H25N3O4S. The molecule has 7 nitrogen and oxygen atoms in total. The molecular weight excluding hydrogens is 462 g/mol. The molecule has 3 aromatic carbocycles. The first-order valence-electron chi connectivity index (χ1n) is 11.4. The number of rotatable bonds is 5. The van der Waals surface area contributed by atoms with Crippen molar-refractivity contribution >= 4 is 35.4 Å². The number of anilines is 1. The lowest BCUT2D eigenvalue weighted by Gasteiger charge is -2.45. The maximum atomic E-state index is 14.0. The number of fused-ring (bicyclic) bond motifs is 2. The Labute approximate surface area is 207 Å². The van der Waals surface area contributed by atoms with Crippen LogP contribution >= 0.6 is 11.8 Å². The van der Waals surface area contributed by atoms with Gasteiger partial charge in [-0.05, 0) is 23.3 Å². The predicted molar refractivity (Wildman–Crippen MR) is 135 cm³/mol. The van der Waals surface area contributed by atoms with Crippen LogP contribution in [0.5, 0.6) is 0 Å². The number of benzene rings is 3. The summed E-state index contributed by atoms with van der Waals surface area (Å²) in [6.45, 7) is 0.164. The smallest absolute Gasteiger partial charge is 0.329 e. The molecule has 2 heterocycles. The Balaban J connectivity index is 1.46. The third-order valence-electron chi connectivity index (χ3n) is 6.45. The number of urea groups is 1. The lowest BCUT2D eigenvalue weighted by Crippen LogP contribution is -2.65. The summed E-state index contributed by atoms with van der Waals surface area (Å²) >= 11 is 1.41. The van der Waals surface area contributed by atoms with Crippen molar-refractivity contribution < 1.29 is 19.5 Å². The van der Waals surface area contributed by atoms with Crippen molar-refractivity contribution in [2.75, 3.05) is 17.6 Å². The van der Waals surface area contributed by atoms with Crippen molar-refractivity contribution in [1.29, 1.82) is 0 Å². The molecule has 2 N–H and O–H groups in total. The van der Waals surface area contributed by atoms with Crippen molar-refractivity contribution in [2.45, 2.75) is 23.4 Å². The molecule has 0 unspecified atom stereocenters. The topological polar surface area (TPSA) is 90.0 Å². The Morgan fingerprint density at radius 3 is 1.94 bits per heavy atom. The van der Waals surface area contributed by atoms with E-state index in [1.165, 1.54) is 16.7 Å². The number of nitrogens with zero attached hydrogens (tertiary/aromatic N) is 2. The number of hydrogen-bond donors (Lipinski definition) is 2. The van der Waals surface area contributed by atoms with Gasteiger partial charge in [0.1, 0.15) is 5.37 Å². The third kappa shape index (κ3) is 4.49. The predicted octanol–water partition coefficient (Wildman–Crippen LogP) is 4.09. The van der Waals surface area contributed by atoms with Crippen molar-refractivity contribution in [3.05, 3.63) is 102 Å². The molecule has 3 amide bonds. The molecule has 35 heavy (non-hydrogen) atoms. The molecule has 2 fully saturated rings. The van der Waals surface area contributed by atoms with E-state index in [0.717, 1.165) is 11.1 Å². The van der Waals surface area contributed by atoms with Crippen LogP contribution in [0.3, 0.4) is 0 Å². The van der Waals surface area contributed by atoms with Crippen LogP contribution in [0.1, 0.15) is 17.0 Å². The summed E-state index contributed by atoms with van der Waals surface area (Å²) in [6.07, 6.45) is 0. The minimum Gasteiger partial charge on any atom is -0.480 e. The maximum Gasteiger partial charge on any atom is 0.329 e. The summed E-state index contributed by atoms with van der Waals surface area (Å²) in [5.41, 5.74) is 2.25. The van der Waals surface area contributed by atoms with Gasteiger partial charge in [0, 0.05) is 18.0 Å². The number of carbonyl (C=O) groups is 3. The van der Waals surface area contributed by atoms with Gasteiger partial charge in [0.25, 0.3) is 0 Å². The number of para-hydroxylation sites is 1. The fourth-order valence-corrected chi connectivity index (χ4v) is 6.42. The largest absolute Gasteiger partial charge is 0.480 e. The molecule has 2 aliphatic rings. The Hall–Kier alpha value is -3.78. The highest BCUT2D eigenvalue weighted by atomic mass is 32.2. The van der Waals surface area contributed by atoms with Gasteiger partial charge in [-0.25, -0.2) is 9.59 Å². The van der Waals surface area contributed by atoms with Gasteiger partial charge in [-0.1, -0.05) is 78.9 Å². The number of amides is 3. The molecule has 0 aliphatic carbocycles. The van der Waals surface area contributed by atoms with E-state index in [1.807, 2.05) is 78.9 Å². The van der Waals surface area contributed by atoms with E-state index in [1.54, 1.807) is 17.0 Å². The van der Waals surface area contributed by atoms with E-state index in [4.69, 9.17) is 0 Å². The molecule has 8 heteroatoms. The highest BCUT2D eigenvalue weighted by Gasteiger charge is 2.54. The van der Waals surface area contributed by atoms with Gasteiger partial charge in [0.05, 0.1) is 12.0 Å². The molecule has 5 rings (SSSR count). The molecule has 2 aliphatic heterocycles. The summed E-state index contributed by atoms with van der Waals surface area (Å²) in [6, 6.07) is 26.1. The van der Waals surface area contributed by atoms with E-state index in [0.29, 0.717) is 11.4 Å². The second-order valence-corrected chi connectivity index (χ2v) is 9.76. The minimum atomic E-state index is -1.15. The molecule has 0 radical (unpaired) electrons. The van der Waals surface area contributed by atoms with Gasteiger partial charge in [0.15, 0.2) is 6.04 Å². The molecule has 0 aromatic heterocycles. The molecule has 2 bridgehead atoms. The van der Waals surface area contributed by atoms with E-state index in [9.17, 15) is 19.5 Å². The lowest BCUT2D eigenvalue weighted by molar-refractivity contribution is -0.154.